The number of carbonyl (C=O) groups excluding carboxylic acids is 1. The first-order valence-corrected chi connectivity index (χ1v) is 25.8. The standard InChI is InChI=1S/C50H94O14/c1-3-5-7-9-11-13-15-17-18-19-20-21-22-24-26-28-30-32-34-59-36-39(62-42(52)33-31-29-27-25-23-16-14-12-10-8-6-4-2)37-60-49-48(58)46(56)44(54)41(64-49)38-61-50-47(57)45(55)43(53)40(35-51)63-50/h17-18,39-41,43-51,53-58H,3-16,19-38H2,1-2H3/b18-17-. The summed E-state index contributed by atoms with van der Waals surface area (Å²) in [6.45, 7) is 3.69. The van der Waals surface area contributed by atoms with Gasteiger partial charge in [0.25, 0.3) is 0 Å². The number of esters is 1. The van der Waals surface area contributed by atoms with Gasteiger partial charge in [0.1, 0.15) is 54.9 Å². The number of hydrogen-bond acceptors (Lipinski definition) is 14. The summed E-state index contributed by atoms with van der Waals surface area (Å²) >= 11 is 0. The number of aliphatic hydroxyl groups is 7. The zero-order valence-corrected chi connectivity index (χ0v) is 40.0. The average Bonchev–Trinajstić information content (AvgIpc) is 3.29. The lowest BCUT2D eigenvalue weighted by atomic mass is 9.98. The maximum Gasteiger partial charge on any atom is 0.306 e. The van der Waals surface area contributed by atoms with Crippen LogP contribution in [0, 0.1) is 0 Å². The molecule has 0 aliphatic carbocycles. The zero-order chi connectivity index (χ0) is 46.6. The molecule has 2 aliphatic rings. The van der Waals surface area contributed by atoms with Crippen molar-refractivity contribution in [3.63, 3.8) is 0 Å². The predicted octanol–water partition coefficient (Wildman–Crippen LogP) is 7.46. The van der Waals surface area contributed by atoms with E-state index in [1.165, 1.54) is 135 Å². The zero-order valence-electron chi connectivity index (χ0n) is 40.0. The summed E-state index contributed by atoms with van der Waals surface area (Å²) in [4.78, 5) is 13.0. The summed E-state index contributed by atoms with van der Waals surface area (Å²) in [5.41, 5.74) is 0. The van der Waals surface area contributed by atoms with Gasteiger partial charge in [-0.15, -0.1) is 0 Å². The molecule has 2 rings (SSSR count). The van der Waals surface area contributed by atoms with Gasteiger partial charge >= 0.3 is 5.97 Å². The molecule has 0 aromatic carbocycles. The van der Waals surface area contributed by atoms with E-state index in [0.717, 1.165) is 38.5 Å². The van der Waals surface area contributed by atoms with Crippen molar-refractivity contribution in [2.75, 3.05) is 33.0 Å². The van der Waals surface area contributed by atoms with E-state index in [1.54, 1.807) is 0 Å². The Labute approximate surface area is 386 Å². The minimum absolute atomic E-state index is 0.0647. The molecule has 0 bridgehead atoms. The van der Waals surface area contributed by atoms with Crippen molar-refractivity contribution in [1.29, 1.82) is 0 Å². The molecule has 7 N–H and O–H groups in total. The van der Waals surface area contributed by atoms with Crippen LogP contribution in [0.3, 0.4) is 0 Å². The van der Waals surface area contributed by atoms with Crippen LogP contribution in [0.5, 0.6) is 0 Å². The third-order valence-corrected chi connectivity index (χ3v) is 12.5. The van der Waals surface area contributed by atoms with Crippen molar-refractivity contribution < 1.29 is 69.0 Å². The molecule has 0 aromatic rings. The summed E-state index contributed by atoms with van der Waals surface area (Å²) in [6, 6.07) is 0. The highest BCUT2D eigenvalue weighted by Gasteiger charge is 2.47. The first kappa shape index (κ1) is 58.9. The van der Waals surface area contributed by atoms with Gasteiger partial charge in [-0.05, 0) is 38.5 Å². The van der Waals surface area contributed by atoms with Crippen LogP contribution in [0.2, 0.25) is 0 Å². The molecule has 0 amide bonds. The number of ether oxygens (including phenoxy) is 6. The van der Waals surface area contributed by atoms with E-state index in [-0.39, 0.29) is 25.6 Å². The van der Waals surface area contributed by atoms with Crippen molar-refractivity contribution in [2.24, 2.45) is 0 Å². The fourth-order valence-corrected chi connectivity index (χ4v) is 8.28. The monoisotopic (exact) mass is 919 g/mol. The van der Waals surface area contributed by atoms with Crippen molar-refractivity contribution in [1.82, 2.24) is 0 Å². The Balaban J connectivity index is 1.75. The first-order valence-electron chi connectivity index (χ1n) is 25.8. The molecule has 0 spiro atoms. The average molecular weight is 919 g/mol. The van der Waals surface area contributed by atoms with Crippen LogP contribution in [0.1, 0.15) is 200 Å². The molecule has 11 unspecified atom stereocenters. The molecule has 2 fully saturated rings. The minimum Gasteiger partial charge on any atom is -0.457 e. The lowest BCUT2D eigenvalue weighted by molar-refractivity contribution is -0.332. The number of rotatable bonds is 41. The summed E-state index contributed by atoms with van der Waals surface area (Å²) in [5.74, 6) is -0.375. The highest BCUT2D eigenvalue weighted by Crippen LogP contribution is 2.26. The second-order valence-electron chi connectivity index (χ2n) is 18.3. The van der Waals surface area contributed by atoms with Crippen LogP contribution in [-0.2, 0) is 33.2 Å². The van der Waals surface area contributed by atoms with Gasteiger partial charge in [-0.2, -0.15) is 0 Å². The van der Waals surface area contributed by atoms with Gasteiger partial charge in [0.05, 0.1) is 26.4 Å². The van der Waals surface area contributed by atoms with Gasteiger partial charge in [0, 0.05) is 13.0 Å². The van der Waals surface area contributed by atoms with E-state index >= 15 is 0 Å². The van der Waals surface area contributed by atoms with E-state index in [2.05, 4.69) is 26.0 Å². The summed E-state index contributed by atoms with van der Waals surface area (Å²) in [7, 11) is 0. The van der Waals surface area contributed by atoms with Gasteiger partial charge in [0.15, 0.2) is 12.6 Å². The molecule has 0 aromatic heterocycles. The van der Waals surface area contributed by atoms with E-state index < -0.39 is 80.7 Å². The maximum atomic E-state index is 13.0. The van der Waals surface area contributed by atoms with Gasteiger partial charge in [-0.3, -0.25) is 4.79 Å². The van der Waals surface area contributed by atoms with Gasteiger partial charge in [-0.1, -0.05) is 167 Å². The molecule has 64 heavy (non-hydrogen) atoms. The quantitative estimate of drug-likeness (QED) is 0.0180. The first-order chi connectivity index (χ1) is 31.1. The molecular formula is C50H94O14. The molecular weight excluding hydrogens is 825 g/mol. The Morgan fingerprint density at radius 1 is 0.500 bits per heavy atom. The van der Waals surface area contributed by atoms with Gasteiger partial charge in [-0.25, -0.2) is 0 Å². The molecule has 0 radical (unpaired) electrons. The molecule has 2 heterocycles. The Morgan fingerprint density at radius 3 is 1.42 bits per heavy atom. The third kappa shape index (κ3) is 26.3. The fourth-order valence-electron chi connectivity index (χ4n) is 8.28. The lowest BCUT2D eigenvalue weighted by Crippen LogP contribution is -2.61. The topological polar surface area (TPSA) is 214 Å². The van der Waals surface area contributed by atoms with E-state index in [1.807, 2.05) is 0 Å². The normalized spacial score (nSPS) is 26.8. The van der Waals surface area contributed by atoms with Crippen LogP contribution < -0.4 is 0 Å². The predicted molar refractivity (Wildman–Crippen MR) is 247 cm³/mol. The van der Waals surface area contributed by atoms with Gasteiger partial charge < -0.3 is 64.2 Å². The van der Waals surface area contributed by atoms with Crippen LogP contribution in [-0.4, -0.2) is 142 Å². The third-order valence-electron chi connectivity index (χ3n) is 12.5. The molecule has 14 nitrogen and oxygen atoms in total. The number of unbranched alkanes of at least 4 members (excludes halogenated alkanes) is 25. The number of aliphatic hydroxyl groups excluding tert-OH is 7. The van der Waals surface area contributed by atoms with Crippen LogP contribution >= 0.6 is 0 Å². The van der Waals surface area contributed by atoms with E-state index in [0.29, 0.717) is 13.0 Å². The number of carbonyl (C=O) groups is 1. The Bertz CT molecular complexity index is 1110. The molecule has 378 valence electrons. The Kier molecular flexibility index (Phi) is 35.6. The largest absolute Gasteiger partial charge is 0.457 e. The molecule has 2 saturated heterocycles. The fraction of sp³-hybridized carbons (Fsp3) is 0.940. The van der Waals surface area contributed by atoms with Crippen LogP contribution in [0.4, 0.5) is 0 Å². The highest BCUT2D eigenvalue weighted by molar-refractivity contribution is 5.69. The SMILES string of the molecule is CCCCCCCC/C=C\CCCCCCCCCCOCC(COC1OC(COC2OC(CO)C(O)C(O)C2O)C(O)C(O)C1O)OC(=O)CCCCCCCCCCCCCC. The van der Waals surface area contributed by atoms with Crippen molar-refractivity contribution in [2.45, 2.75) is 268 Å². The number of allylic oxidation sites excluding steroid dienone is 2. The second-order valence-corrected chi connectivity index (χ2v) is 18.3. The molecule has 2 aliphatic heterocycles. The van der Waals surface area contributed by atoms with Crippen molar-refractivity contribution in [3.05, 3.63) is 12.2 Å². The van der Waals surface area contributed by atoms with Crippen LogP contribution in [0.25, 0.3) is 0 Å². The second kappa shape index (κ2) is 38.7. The molecule has 0 saturated carbocycles. The Morgan fingerprint density at radius 2 is 0.922 bits per heavy atom. The van der Waals surface area contributed by atoms with E-state index in [4.69, 9.17) is 28.4 Å². The number of hydrogen-bond donors (Lipinski definition) is 7. The highest BCUT2D eigenvalue weighted by atomic mass is 16.7. The summed E-state index contributed by atoms with van der Waals surface area (Å²) in [6.07, 6.45) is 22.7. The maximum absolute atomic E-state index is 13.0. The van der Waals surface area contributed by atoms with Gasteiger partial charge in [0.2, 0.25) is 0 Å². The van der Waals surface area contributed by atoms with E-state index in [9.17, 15) is 40.5 Å². The minimum atomic E-state index is -1.70. The van der Waals surface area contributed by atoms with Crippen molar-refractivity contribution >= 4 is 5.97 Å². The van der Waals surface area contributed by atoms with Crippen LogP contribution in [0.15, 0.2) is 12.2 Å². The summed E-state index contributed by atoms with van der Waals surface area (Å²) in [5, 5.41) is 72.1. The summed E-state index contributed by atoms with van der Waals surface area (Å²) < 4.78 is 34.3. The molecule has 14 heteroatoms. The molecule has 11 atom stereocenters. The van der Waals surface area contributed by atoms with Crippen molar-refractivity contribution in [3.8, 4) is 0 Å². The smallest absolute Gasteiger partial charge is 0.306 e. The Hall–Kier alpha value is -1.27. The lowest BCUT2D eigenvalue weighted by Gasteiger charge is -2.42.